The van der Waals surface area contributed by atoms with E-state index >= 15 is 0 Å². The number of aromatic hydroxyl groups is 1. The van der Waals surface area contributed by atoms with E-state index in [-0.39, 0.29) is 18.6 Å². The molecule has 0 spiro atoms. The van der Waals surface area contributed by atoms with Gasteiger partial charge in [-0.25, -0.2) is 4.79 Å². The van der Waals surface area contributed by atoms with Crippen molar-refractivity contribution >= 4 is 53.2 Å². The minimum atomic E-state index is -1.73. The third kappa shape index (κ3) is 12.9. The third-order valence-electron chi connectivity index (χ3n) is 5.76. The van der Waals surface area contributed by atoms with E-state index in [1.54, 1.807) is 6.26 Å². The first-order valence-corrected chi connectivity index (χ1v) is 14.0. The van der Waals surface area contributed by atoms with Crippen molar-refractivity contribution in [2.24, 2.45) is 11.5 Å². The Morgan fingerprint density at radius 1 is 0.810 bits per heavy atom. The van der Waals surface area contributed by atoms with E-state index in [4.69, 9.17) is 16.6 Å². The third-order valence-corrected chi connectivity index (χ3v) is 6.40. The van der Waals surface area contributed by atoms with Crippen LogP contribution in [-0.2, 0) is 40.0 Å². The minimum Gasteiger partial charge on any atom is -0.508 e. The van der Waals surface area contributed by atoms with Gasteiger partial charge < -0.3 is 48.1 Å². The molecule has 0 aliphatic rings. The highest BCUT2D eigenvalue weighted by molar-refractivity contribution is 7.98. The standard InChI is InChI=1S/C25H36N6O10S/c1-12(21(36)29-16(7-8-42-2)23(38)31-18(25(40)41)11-20(34)35)28-24(39)17(9-13-3-5-14(32)6-4-13)30-22(37)15(26)10-19(27)33/h3-6,12,15-18,32H,7-11,26H2,1-2H3,(H2,27,33)(H,28,39)(H,29,36)(H,30,37)(H,31,38)(H,34,35)(H,40,41)/t12-,15-,16-,17-,18-/m0/s1. The Bertz CT molecular complexity index is 1150. The van der Waals surface area contributed by atoms with Crippen molar-refractivity contribution in [1.82, 2.24) is 21.3 Å². The number of carbonyl (C=O) groups excluding carboxylic acids is 5. The molecular formula is C25H36N6O10S. The lowest BCUT2D eigenvalue weighted by atomic mass is 10.0. The molecule has 1 aromatic rings. The predicted molar refractivity (Wildman–Crippen MR) is 150 cm³/mol. The lowest BCUT2D eigenvalue weighted by molar-refractivity contribution is -0.147. The van der Waals surface area contributed by atoms with Crippen molar-refractivity contribution in [3.8, 4) is 5.75 Å². The summed E-state index contributed by atoms with van der Waals surface area (Å²) in [5.41, 5.74) is 11.3. The number of phenolic OH excluding ortho intramolecular Hbond substituents is 1. The number of thioether (sulfide) groups is 1. The number of primary amides is 1. The Kier molecular flexibility index (Phi) is 14.8. The van der Waals surface area contributed by atoms with Crippen LogP contribution in [0.25, 0.3) is 0 Å². The number of aliphatic carboxylic acids is 2. The molecule has 0 saturated heterocycles. The molecule has 11 N–H and O–H groups in total. The van der Waals surface area contributed by atoms with Crippen LogP contribution in [0.2, 0.25) is 0 Å². The van der Waals surface area contributed by atoms with Gasteiger partial charge in [0.05, 0.1) is 18.9 Å². The number of hydrogen-bond acceptors (Lipinski definition) is 10. The van der Waals surface area contributed by atoms with Crippen molar-refractivity contribution in [3.63, 3.8) is 0 Å². The number of benzene rings is 1. The summed E-state index contributed by atoms with van der Waals surface area (Å²) in [6, 6.07) is -1.11. The average Bonchev–Trinajstić information content (AvgIpc) is 2.90. The van der Waals surface area contributed by atoms with Gasteiger partial charge in [-0.3, -0.25) is 28.8 Å². The fraction of sp³-hybridized carbons (Fsp3) is 0.480. The number of carbonyl (C=O) groups is 7. The van der Waals surface area contributed by atoms with Crippen molar-refractivity contribution in [1.29, 1.82) is 0 Å². The van der Waals surface area contributed by atoms with Crippen LogP contribution < -0.4 is 32.7 Å². The van der Waals surface area contributed by atoms with Crippen molar-refractivity contribution < 1.29 is 48.9 Å². The Hall–Kier alpha value is -4.38. The molecule has 0 unspecified atom stereocenters. The summed E-state index contributed by atoms with van der Waals surface area (Å²) in [6.45, 7) is 1.31. The first kappa shape index (κ1) is 35.6. The SMILES string of the molecule is CSCC[C@H](NC(=O)[C@H](C)NC(=O)[C@H](Cc1ccc(O)cc1)NC(=O)[C@@H](N)CC(N)=O)C(=O)N[C@@H](CC(=O)O)C(=O)O. The highest BCUT2D eigenvalue weighted by Gasteiger charge is 2.31. The molecule has 5 amide bonds. The molecule has 16 nitrogen and oxygen atoms in total. The van der Waals surface area contributed by atoms with Crippen LogP contribution in [0, 0.1) is 0 Å². The van der Waals surface area contributed by atoms with E-state index in [1.807, 2.05) is 0 Å². The van der Waals surface area contributed by atoms with Gasteiger partial charge in [0.25, 0.3) is 0 Å². The molecule has 42 heavy (non-hydrogen) atoms. The molecular weight excluding hydrogens is 576 g/mol. The zero-order valence-corrected chi connectivity index (χ0v) is 23.8. The van der Waals surface area contributed by atoms with E-state index in [9.17, 15) is 43.8 Å². The van der Waals surface area contributed by atoms with Gasteiger partial charge in [0.2, 0.25) is 29.5 Å². The molecule has 0 aliphatic heterocycles. The molecule has 17 heteroatoms. The molecule has 0 fully saturated rings. The van der Waals surface area contributed by atoms with E-state index in [1.165, 1.54) is 43.0 Å². The molecule has 0 aromatic heterocycles. The number of carboxylic acids is 2. The van der Waals surface area contributed by atoms with Gasteiger partial charge in [-0.2, -0.15) is 11.8 Å². The number of rotatable bonds is 18. The monoisotopic (exact) mass is 612 g/mol. The van der Waals surface area contributed by atoms with Gasteiger partial charge in [-0.05, 0) is 43.0 Å². The van der Waals surface area contributed by atoms with Crippen LogP contribution in [0.3, 0.4) is 0 Å². The van der Waals surface area contributed by atoms with Crippen LogP contribution in [-0.4, -0.2) is 99.0 Å². The van der Waals surface area contributed by atoms with Gasteiger partial charge >= 0.3 is 11.9 Å². The summed E-state index contributed by atoms with van der Waals surface area (Å²) >= 11 is 1.34. The summed E-state index contributed by atoms with van der Waals surface area (Å²) in [5, 5.41) is 37.0. The second kappa shape index (κ2) is 17.4. The van der Waals surface area contributed by atoms with Gasteiger partial charge in [-0.15, -0.1) is 0 Å². The number of nitrogens with two attached hydrogens (primary N) is 2. The Balaban J connectivity index is 3.03. The first-order valence-electron chi connectivity index (χ1n) is 12.6. The fourth-order valence-electron chi connectivity index (χ4n) is 3.49. The van der Waals surface area contributed by atoms with E-state index in [0.29, 0.717) is 11.3 Å². The molecule has 1 rings (SSSR count). The zero-order valence-electron chi connectivity index (χ0n) is 23.0. The number of phenols is 1. The maximum absolute atomic E-state index is 13.1. The highest BCUT2D eigenvalue weighted by Crippen LogP contribution is 2.12. The van der Waals surface area contributed by atoms with Crippen LogP contribution in [0.4, 0.5) is 0 Å². The number of hydrogen-bond donors (Lipinski definition) is 9. The van der Waals surface area contributed by atoms with Crippen LogP contribution >= 0.6 is 11.8 Å². The second-order valence-corrected chi connectivity index (χ2v) is 10.3. The topological polar surface area (TPSA) is 280 Å². The Labute approximate surface area is 245 Å². The lowest BCUT2D eigenvalue weighted by Crippen LogP contribution is -2.58. The molecule has 232 valence electrons. The minimum absolute atomic E-state index is 0.0322. The molecule has 0 aliphatic carbocycles. The molecule has 0 radical (unpaired) electrons. The zero-order chi connectivity index (χ0) is 32.0. The van der Waals surface area contributed by atoms with E-state index in [0.717, 1.165) is 0 Å². The van der Waals surface area contributed by atoms with E-state index in [2.05, 4.69) is 21.3 Å². The molecule has 0 heterocycles. The summed E-state index contributed by atoms with van der Waals surface area (Å²) in [7, 11) is 0. The molecule has 0 saturated carbocycles. The van der Waals surface area contributed by atoms with Crippen LogP contribution in [0.15, 0.2) is 24.3 Å². The summed E-state index contributed by atoms with van der Waals surface area (Å²) in [6.07, 6.45) is 0.354. The molecule has 0 bridgehead atoms. The summed E-state index contributed by atoms with van der Waals surface area (Å²) < 4.78 is 0. The van der Waals surface area contributed by atoms with Gasteiger partial charge in [0.15, 0.2) is 0 Å². The Morgan fingerprint density at radius 3 is 1.88 bits per heavy atom. The van der Waals surface area contributed by atoms with Gasteiger partial charge in [0, 0.05) is 6.42 Å². The largest absolute Gasteiger partial charge is 0.508 e. The summed E-state index contributed by atoms with van der Waals surface area (Å²) in [4.78, 5) is 84.7. The quantitative estimate of drug-likeness (QED) is 0.0826. The average molecular weight is 613 g/mol. The summed E-state index contributed by atoms with van der Waals surface area (Å²) in [5.74, 6) is -6.93. The number of amides is 5. The fourth-order valence-corrected chi connectivity index (χ4v) is 3.96. The first-order chi connectivity index (χ1) is 19.6. The maximum Gasteiger partial charge on any atom is 0.326 e. The van der Waals surface area contributed by atoms with Crippen molar-refractivity contribution in [3.05, 3.63) is 29.8 Å². The normalized spacial score (nSPS) is 14.3. The number of carboxylic acid groups (broad SMARTS) is 2. The van der Waals surface area contributed by atoms with E-state index < -0.39 is 84.5 Å². The van der Waals surface area contributed by atoms with Crippen LogP contribution in [0.1, 0.15) is 31.7 Å². The number of nitrogens with one attached hydrogen (secondary N) is 4. The van der Waals surface area contributed by atoms with Gasteiger partial charge in [-0.1, -0.05) is 12.1 Å². The molecule has 1 aromatic carbocycles. The highest BCUT2D eigenvalue weighted by atomic mass is 32.2. The lowest BCUT2D eigenvalue weighted by Gasteiger charge is -2.25. The second-order valence-electron chi connectivity index (χ2n) is 9.28. The van der Waals surface area contributed by atoms with Crippen molar-refractivity contribution in [2.75, 3.05) is 12.0 Å². The predicted octanol–water partition coefficient (Wildman–Crippen LogP) is -2.59. The Morgan fingerprint density at radius 2 is 1.36 bits per heavy atom. The van der Waals surface area contributed by atoms with Gasteiger partial charge in [0.1, 0.15) is 29.9 Å². The maximum atomic E-state index is 13.1. The molecule has 5 atom stereocenters. The van der Waals surface area contributed by atoms with Crippen LogP contribution in [0.5, 0.6) is 5.75 Å². The smallest absolute Gasteiger partial charge is 0.326 e. The van der Waals surface area contributed by atoms with Crippen molar-refractivity contribution in [2.45, 2.75) is 62.8 Å².